The second kappa shape index (κ2) is 6.87. The van der Waals surface area contributed by atoms with Gasteiger partial charge in [0.15, 0.2) is 0 Å². The second-order valence-corrected chi connectivity index (χ2v) is 6.22. The molecular weight excluding hydrogens is 250 g/mol. The maximum atomic E-state index is 12.2. The molecule has 1 aliphatic rings. The Morgan fingerprint density at radius 3 is 2.22 bits per heavy atom. The van der Waals surface area contributed by atoms with Gasteiger partial charge in [0.2, 0.25) is 10.0 Å². The van der Waals surface area contributed by atoms with Crippen molar-refractivity contribution in [1.82, 2.24) is 4.31 Å². The van der Waals surface area contributed by atoms with Crippen molar-refractivity contribution < 1.29 is 13.2 Å². The summed E-state index contributed by atoms with van der Waals surface area (Å²) in [6, 6.07) is 8.78. The van der Waals surface area contributed by atoms with E-state index in [1.165, 1.54) is 0 Å². The van der Waals surface area contributed by atoms with E-state index in [4.69, 9.17) is 0 Å². The van der Waals surface area contributed by atoms with Gasteiger partial charge in [0, 0.05) is 26.8 Å². The molecule has 4 nitrogen and oxygen atoms in total. The molecular formula is C13H21NO3S. The number of ether oxygens (including phenoxy) is 1. The molecule has 0 amide bonds. The lowest BCUT2D eigenvalue weighted by atomic mass is 10.3. The number of benzene rings is 1. The molecule has 1 unspecified atom stereocenters. The lowest BCUT2D eigenvalue weighted by Crippen LogP contribution is -2.33. The lowest BCUT2D eigenvalue weighted by Gasteiger charge is -2.20. The van der Waals surface area contributed by atoms with Crippen molar-refractivity contribution in [1.29, 1.82) is 0 Å². The Bertz CT molecular complexity index is 445. The van der Waals surface area contributed by atoms with Gasteiger partial charge in [0.25, 0.3) is 0 Å². The third-order valence-electron chi connectivity index (χ3n) is 2.84. The fourth-order valence-corrected chi connectivity index (χ4v) is 3.71. The molecule has 0 radical (unpaired) electrons. The Kier molecular flexibility index (Phi) is 5.78. The second-order valence-electron chi connectivity index (χ2n) is 4.33. The van der Waals surface area contributed by atoms with E-state index < -0.39 is 10.0 Å². The Hall–Kier alpha value is -0.910. The predicted molar refractivity (Wildman–Crippen MR) is 72.0 cm³/mol. The first-order valence-electron chi connectivity index (χ1n) is 6.01. The highest BCUT2D eigenvalue weighted by atomic mass is 32.2. The molecule has 1 aliphatic heterocycles. The molecule has 1 atom stereocenters. The highest BCUT2D eigenvalue weighted by Crippen LogP contribution is 2.25. The molecule has 1 heterocycles. The third-order valence-corrected chi connectivity index (χ3v) is 4.87. The van der Waals surface area contributed by atoms with Crippen LogP contribution in [-0.4, -0.2) is 39.5 Å². The maximum Gasteiger partial charge on any atom is 0.243 e. The predicted octanol–water partition coefficient (Wildman–Crippen LogP) is 2.12. The van der Waals surface area contributed by atoms with Gasteiger partial charge in [-0.3, -0.25) is 0 Å². The summed E-state index contributed by atoms with van der Waals surface area (Å²) in [4.78, 5) is 0.402. The highest BCUT2D eigenvalue weighted by molar-refractivity contribution is 7.89. The summed E-state index contributed by atoms with van der Waals surface area (Å²) < 4.78 is 30.2. The van der Waals surface area contributed by atoms with Gasteiger partial charge in [0.05, 0.1) is 4.90 Å². The van der Waals surface area contributed by atoms with Crippen LogP contribution in [0.3, 0.4) is 0 Å². The molecule has 1 saturated heterocycles. The maximum absolute atomic E-state index is 12.2. The Morgan fingerprint density at radius 1 is 1.22 bits per heavy atom. The van der Waals surface area contributed by atoms with Gasteiger partial charge in [-0.1, -0.05) is 18.2 Å². The minimum Gasteiger partial charge on any atom is -0.388 e. The summed E-state index contributed by atoms with van der Waals surface area (Å²) in [6.07, 6.45) is 1.93. The zero-order chi connectivity index (χ0) is 13.6. The quantitative estimate of drug-likeness (QED) is 0.827. The molecule has 5 heteroatoms. The fraction of sp³-hybridized carbons (Fsp3) is 0.538. The zero-order valence-corrected chi connectivity index (χ0v) is 12.0. The van der Waals surface area contributed by atoms with Gasteiger partial charge >= 0.3 is 0 Å². The summed E-state index contributed by atoms with van der Waals surface area (Å²) in [7, 11) is -0.00456. The Morgan fingerprint density at radius 2 is 1.78 bits per heavy atom. The highest BCUT2D eigenvalue weighted by Gasteiger charge is 2.32. The van der Waals surface area contributed by atoms with Crippen LogP contribution in [0.5, 0.6) is 0 Å². The van der Waals surface area contributed by atoms with Crippen molar-refractivity contribution in [3.05, 3.63) is 30.3 Å². The third kappa shape index (κ3) is 3.54. The van der Waals surface area contributed by atoms with E-state index in [9.17, 15) is 8.42 Å². The molecule has 1 fully saturated rings. The van der Waals surface area contributed by atoms with Crippen molar-refractivity contribution in [2.45, 2.75) is 30.7 Å². The van der Waals surface area contributed by atoms with Crippen LogP contribution in [0, 0.1) is 0 Å². The van der Waals surface area contributed by atoms with E-state index in [0.717, 1.165) is 12.8 Å². The van der Waals surface area contributed by atoms with Crippen LogP contribution in [0.2, 0.25) is 0 Å². The average Bonchev–Trinajstić information content (AvgIpc) is 2.78. The van der Waals surface area contributed by atoms with Crippen LogP contribution in [0.4, 0.5) is 0 Å². The van der Waals surface area contributed by atoms with Crippen LogP contribution in [-0.2, 0) is 14.8 Å². The number of sulfonamides is 1. The number of hydrogen-bond acceptors (Lipinski definition) is 3. The standard InChI is InChI=1S/C11H15NO2S.C2H6O/c1-10-6-5-9-12(10)15(13,14)11-7-3-2-4-8-11;1-3-2/h2-4,7-8,10H,5-6,9H2,1H3;1-2H3. The van der Waals surface area contributed by atoms with Gasteiger partial charge < -0.3 is 4.74 Å². The van der Waals surface area contributed by atoms with E-state index in [1.54, 1.807) is 42.8 Å². The van der Waals surface area contributed by atoms with Crippen LogP contribution in [0.25, 0.3) is 0 Å². The monoisotopic (exact) mass is 271 g/mol. The molecule has 0 spiro atoms. The van der Waals surface area contributed by atoms with Crippen molar-refractivity contribution in [2.24, 2.45) is 0 Å². The van der Waals surface area contributed by atoms with E-state index in [0.29, 0.717) is 11.4 Å². The van der Waals surface area contributed by atoms with Gasteiger partial charge in [-0.2, -0.15) is 4.31 Å². The van der Waals surface area contributed by atoms with Crippen molar-refractivity contribution in [3.8, 4) is 0 Å². The summed E-state index contributed by atoms with van der Waals surface area (Å²) in [5.41, 5.74) is 0. The summed E-state index contributed by atoms with van der Waals surface area (Å²) >= 11 is 0. The van der Waals surface area contributed by atoms with Crippen molar-refractivity contribution in [3.63, 3.8) is 0 Å². The van der Waals surface area contributed by atoms with Crippen molar-refractivity contribution >= 4 is 10.0 Å². The van der Waals surface area contributed by atoms with Gasteiger partial charge in [-0.25, -0.2) is 8.42 Å². The molecule has 0 aliphatic carbocycles. The van der Waals surface area contributed by atoms with Crippen LogP contribution < -0.4 is 0 Å². The fourth-order valence-electron chi connectivity index (χ4n) is 1.99. The summed E-state index contributed by atoms with van der Waals surface area (Å²) in [6.45, 7) is 2.62. The SMILES string of the molecule is CC1CCCN1S(=O)(=O)c1ccccc1.COC. The van der Waals surface area contributed by atoms with Crippen LogP contribution >= 0.6 is 0 Å². The number of nitrogens with zero attached hydrogens (tertiary/aromatic N) is 1. The molecule has 18 heavy (non-hydrogen) atoms. The van der Waals surface area contributed by atoms with E-state index in [1.807, 2.05) is 13.0 Å². The molecule has 0 N–H and O–H groups in total. The van der Waals surface area contributed by atoms with E-state index >= 15 is 0 Å². The van der Waals surface area contributed by atoms with Gasteiger partial charge in [0.1, 0.15) is 0 Å². The van der Waals surface area contributed by atoms with Gasteiger partial charge in [-0.15, -0.1) is 0 Å². The lowest BCUT2D eigenvalue weighted by molar-refractivity contribution is 0.277. The molecule has 0 aromatic heterocycles. The number of rotatable bonds is 2. The minimum atomic E-state index is -3.25. The molecule has 1 aromatic rings. The Labute approximate surface area is 110 Å². The zero-order valence-electron chi connectivity index (χ0n) is 11.2. The van der Waals surface area contributed by atoms with E-state index in [2.05, 4.69) is 4.74 Å². The average molecular weight is 271 g/mol. The number of methoxy groups -OCH3 is 1. The normalized spacial score (nSPS) is 20.3. The smallest absolute Gasteiger partial charge is 0.243 e. The first kappa shape index (κ1) is 15.1. The number of hydrogen-bond donors (Lipinski definition) is 0. The Balaban J connectivity index is 0.000000492. The molecule has 0 saturated carbocycles. The summed E-state index contributed by atoms with van der Waals surface area (Å²) in [5, 5.41) is 0. The van der Waals surface area contributed by atoms with Crippen LogP contribution in [0.15, 0.2) is 35.2 Å². The first-order valence-corrected chi connectivity index (χ1v) is 7.45. The molecule has 102 valence electrons. The topological polar surface area (TPSA) is 46.6 Å². The minimum absolute atomic E-state index is 0.134. The molecule has 2 rings (SSSR count). The van der Waals surface area contributed by atoms with Crippen LogP contribution in [0.1, 0.15) is 19.8 Å². The van der Waals surface area contributed by atoms with Gasteiger partial charge in [-0.05, 0) is 31.9 Å². The first-order chi connectivity index (χ1) is 8.54. The largest absolute Gasteiger partial charge is 0.388 e. The summed E-state index contributed by atoms with van der Waals surface area (Å²) in [5.74, 6) is 0. The molecule has 0 bridgehead atoms. The van der Waals surface area contributed by atoms with E-state index in [-0.39, 0.29) is 6.04 Å². The van der Waals surface area contributed by atoms with Crippen molar-refractivity contribution in [2.75, 3.05) is 20.8 Å². The molecule has 1 aromatic carbocycles.